The van der Waals surface area contributed by atoms with Gasteiger partial charge in [0, 0.05) is 10.7 Å². The first-order valence-electron chi connectivity index (χ1n) is 7.47. The molecule has 1 amide bonds. The van der Waals surface area contributed by atoms with E-state index in [2.05, 4.69) is 15.8 Å². The van der Waals surface area contributed by atoms with Gasteiger partial charge in [0.2, 0.25) is 0 Å². The number of benzene rings is 2. The average molecular weight is 330 g/mol. The molecule has 120 valence electrons. The maximum Gasteiger partial charge on any atom is 0.259 e. The smallest absolute Gasteiger partial charge is 0.259 e. The van der Waals surface area contributed by atoms with Crippen molar-refractivity contribution in [2.24, 2.45) is 11.0 Å². The highest BCUT2D eigenvalue weighted by Crippen LogP contribution is 2.13. The zero-order chi connectivity index (χ0) is 16.7. The van der Waals surface area contributed by atoms with Crippen LogP contribution >= 0.6 is 11.6 Å². The van der Waals surface area contributed by atoms with Crippen molar-refractivity contribution in [1.29, 1.82) is 0 Å². The molecule has 0 saturated carbocycles. The molecular formula is C18H20ClN3O. The first-order chi connectivity index (χ1) is 11.1. The highest BCUT2D eigenvalue weighted by Gasteiger charge is 2.09. The highest BCUT2D eigenvalue weighted by atomic mass is 35.5. The lowest BCUT2D eigenvalue weighted by molar-refractivity contribution is -0.119. The zero-order valence-electron chi connectivity index (χ0n) is 13.2. The summed E-state index contributed by atoms with van der Waals surface area (Å²) < 4.78 is 0. The fourth-order valence-corrected chi connectivity index (χ4v) is 2.17. The first-order valence-corrected chi connectivity index (χ1v) is 7.85. The van der Waals surface area contributed by atoms with E-state index in [0.29, 0.717) is 5.02 Å². The van der Waals surface area contributed by atoms with Crippen LogP contribution in [0.3, 0.4) is 0 Å². The topological polar surface area (TPSA) is 53.5 Å². The molecule has 0 atom stereocenters. The van der Waals surface area contributed by atoms with Crippen LogP contribution in [0.4, 0.5) is 5.69 Å². The lowest BCUT2D eigenvalue weighted by atomic mass is 10.0. The Labute approximate surface area is 141 Å². The van der Waals surface area contributed by atoms with Gasteiger partial charge in [0.05, 0.1) is 12.3 Å². The van der Waals surface area contributed by atoms with E-state index in [1.54, 1.807) is 12.1 Å². The van der Waals surface area contributed by atoms with Crippen molar-refractivity contribution in [2.45, 2.75) is 13.8 Å². The van der Waals surface area contributed by atoms with E-state index in [-0.39, 0.29) is 18.4 Å². The molecule has 0 aliphatic rings. The molecule has 0 bridgehead atoms. The average Bonchev–Trinajstić information content (AvgIpc) is 2.55. The summed E-state index contributed by atoms with van der Waals surface area (Å²) in [5.74, 6) is 0.0101. The number of hydrogen-bond donors (Lipinski definition) is 2. The normalized spacial score (nSPS) is 11.4. The molecule has 0 heterocycles. The third-order valence-corrected chi connectivity index (χ3v) is 3.47. The number of halogens is 1. The third-order valence-electron chi connectivity index (χ3n) is 3.21. The number of nitrogens with one attached hydrogen (secondary N) is 2. The maximum absolute atomic E-state index is 11.9. The summed E-state index contributed by atoms with van der Waals surface area (Å²) in [5.41, 5.74) is 5.30. The SMILES string of the molecule is CC(C)/C(=N/NC(=O)CNc1ccc(Cl)cc1)c1ccccc1. The predicted octanol–water partition coefficient (Wildman–Crippen LogP) is 3.93. The summed E-state index contributed by atoms with van der Waals surface area (Å²) in [6.45, 7) is 4.24. The lowest BCUT2D eigenvalue weighted by Gasteiger charge is -2.11. The molecular weight excluding hydrogens is 310 g/mol. The molecule has 0 saturated heterocycles. The molecule has 0 spiro atoms. The zero-order valence-corrected chi connectivity index (χ0v) is 14.0. The van der Waals surface area contributed by atoms with Crippen LogP contribution in [0.25, 0.3) is 0 Å². The van der Waals surface area contributed by atoms with Gasteiger partial charge in [0.25, 0.3) is 5.91 Å². The number of hydrazone groups is 1. The Morgan fingerprint density at radius 2 is 1.74 bits per heavy atom. The number of carbonyl (C=O) groups excluding carboxylic acids is 1. The van der Waals surface area contributed by atoms with Gasteiger partial charge in [0.15, 0.2) is 0 Å². The molecule has 0 fully saturated rings. The number of anilines is 1. The van der Waals surface area contributed by atoms with Gasteiger partial charge in [-0.1, -0.05) is 55.8 Å². The molecule has 0 radical (unpaired) electrons. The predicted molar refractivity (Wildman–Crippen MR) is 95.9 cm³/mol. The van der Waals surface area contributed by atoms with Crippen molar-refractivity contribution in [3.63, 3.8) is 0 Å². The summed E-state index contributed by atoms with van der Waals surface area (Å²) in [7, 11) is 0. The van der Waals surface area contributed by atoms with Crippen molar-refractivity contribution >= 4 is 28.9 Å². The van der Waals surface area contributed by atoms with E-state index in [1.807, 2.05) is 56.3 Å². The Kier molecular flexibility index (Phi) is 6.18. The summed E-state index contributed by atoms with van der Waals surface area (Å²) >= 11 is 5.82. The van der Waals surface area contributed by atoms with Crippen LogP contribution in [0, 0.1) is 5.92 Å². The van der Waals surface area contributed by atoms with Crippen LogP contribution in [-0.4, -0.2) is 18.2 Å². The molecule has 2 rings (SSSR count). The molecule has 0 unspecified atom stereocenters. The van der Waals surface area contributed by atoms with E-state index in [0.717, 1.165) is 17.0 Å². The van der Waals surface area contributed by atoms with Gasteiger partial charge < -0.3 is 5.32 Å². The molecule has 0 aliphatic heterocycles. The highest BCUT2D eigenvalue weighted by molar-refractivity contribution is 6.30. The second-order valence-electron chi connectivity index (χ2n) is 5.41. The summed E-state index contributed by atoms with van der Waals surface area (Å²) in [6, 6.07) is 17.0. The summed E-state index contributed by atoms with van der Waals surface area (Å²) in [6.07, 6.45) is 0. The fraction of sp³-hybridized carbons (Fsp3) is 0.222. The molecule has 23 heavy (non-hydrogen) atoms. The van der Waals surface area contributed by atoms with Crippen LogP contribution < -0.4 is 10.7 Å². The Balaban J connectivity index is 1.94. The molecule has 2 aromatic rings. The quantitative estimate of drug-likeness (QED) is 0.623. The minimum Gasteiger partial charge on any atom is -0.376 e. The van der Waals surface area contributed by atoms with Crippen molar-refractivity contribution < 1.29 is 4.79 Å². The van der Waals surface area contributed by atoms with Crippen molar-refractivity contribution in [1.82, 2.24) is 5.43 Å². The van der Waals surface area contributed by atoms with Gasteiger partial charge in [-0.15, -0.1) is 0 Å². The van der Waals surface area contributed by atoms with E-state index in [4.69, 9.17) is 11.6 Å². The van der Waals surface area contributed by atoms with Crippen LogP contribution in [0.2, 0.25) is 5.02 Å². The second kappa shape index (κ2) is 8.34. The van der Waals surface area contributed by atoms with Crippen LogP contribution in [-0.2, 0) is 4.79 Å². The standard InChI is InChI=1S/C18H20ClN3O/c1-13(2)18(14-6-4-3-5-7-14)22-21-17(23)12-20-16-10-8-15(19)9-11-16/h3-11,13,20H,12H2,1-2H3,(H,21,23)/b22-18-. The van der Waals surface area contributed by atoms with Gasteiger partial charge in [-0.05, 0) is 35.7 Å². The minimum atomic E-state index is -0.200. The van der Waals surface area contributed by atoms with Gasteiger partial charge in [-0.2, -0.15) is 5.10 Å². The summed E-state index contributed by atoms with van der Waals surface area (Å²) in [4.78, 5) is 11.9. The number of amides is 1. The largest absolute Gasteiger partial charge is 0.376 e. The minimum absolute atomic E-state index is 0.144. The van der Waals surface area contributed by atoms with Crippen molar-refractivity contribution in [2.75, 3.05) is 11.9 Å². The van der Waals surface area contributed by atoms with Gasteiger partial charge in [-0.3, -0.25) is 4.79 Å². The van der Waals surface area contributed by atoms with Gasteiger partial charge in [0.1, 0.15) is 0 Å². The van der Waals surface area contributed by atoms with Crippen molar-refractivity contribution in [3.8, 4) is 0 Å². The Hall–Kier alpha value is -2.33. The first kappa shape index (κ1) is 17.0. The number of carbonyl (C=O) groups is 1. The van der Waals surface area contributed by atoms with E-state index in [9.17, 15) is 4.79 Å². The number of rotatable bonds is 6. The molecule has 5 heteroatoms. The molecule has 0 aromatic heterocycles. The van der Waals surface area contributed by atoms with Crippen LogP contribution in [0.1, 0.15) is 19.4 Å². The molecule has 2 N–H and O–H groups in total. The lowest BCUT2D eigenvalue weighted by Crippen LogP contribution is -2.28. The number of hydrogen-bond acceptors (Lipinski definition) is 3. The van der Waals surface area contributed by atoms with Crippen molar-refractivity contribution in [3.05, 3.63) is 65.2 Å². The Bertz CT molecular complexity index is 666. The van der Waals surface area contributed by atoms with Crippen LogP contribution in [0.5, 0.6) is 0 Å². The summed E-state index contributed by atoms with van der Waals surface area (Å²) in [5, 5.41) is 7.96. The second-order valence-corrected chi connectivity index (χ2v) is 5.85. The molecule has 4 nitrogen and oxygen atoms in total. The Morgan fingerprint density at radius 1 is 1.09 bits per heavy atom. The van der Waals surface area contributed by atoms with E-state index in [1.165, 1.54) is 0 Å². The van der Waals surface area contributed by atoms with Gasteiger partial charge in [-0.25, -0.2) is 5.43 Å². The third kappa shape index (κ3) is 5.42. The maximum atomic E-state index is 11.9. The van der Waals surface area contributed by atoms with E-state index >= 15 is 0 Å². The number of nitrogens with zero attached hydrogens (tertiary/aromatic N) is 1. The fourth-order valence-electron chi connectivity index (χ4n) is 2.05. The van der Waals surface area contributed by atoms with Crippen LogP contribution in [0.15, 0.2) is 59.7 Å². The Morgan fingerprint density at radius 3 is 2.35 bits per heavy atom. The molecule has 2 aromatic carbocycles. The van der Waals surface area contributed by atoms with Gasteiger partial charge >= 0.3 is 0 Å². The monoisotopic (exact) mass is 329 g/mol. The molecule has 0 aliphatic carbocycles. The van der Waals surface area contributed by atoms with E-state index < -0.39 is 0 Å².